The molecule has 2 rings (SSSR count). The summed E-state index contributed by atoms with van der Waals surface area (Å²) in [7, 11) is 0. The average Bonchev–Trinajstić information content (AvgIpc) is 2.69. The number of fused-ring (bicyclic) bond motifs is 1. The van der Waals surface area contributed by atoms with Gasteiger partial charge >= 0.3 is 0 Å². The average molecular weight is 234 g/mol. The van der Waals surface area contributed by atoms with Crippen molar-refractivity contribution in [2.75, 3.05) is 18.4 Å². The van der Waals surface area contributed by atoms with Crippen molar-refractivity contribution < 1.29 is 0 Å². The lowest BCUT2D eigenvalue weighted by atomic mass is 10.1. The number of nitrogens with two attached hydrogens (primary N) is 1. The Kier molecular flexibility index (Phi) is 2.97. The molecule has 92 valence electrons. The van der Waals surface area contributed by atoms with Gasteiger partial charge in [-0.15, -0.1) is 0 Å². The second-order valence-electron chi connectivity index (χ2n) is 4.90. The second-order valence-corrected chi connectivity index (χ2v) is 4.90. The van der Waals surface area contributed by atoms with Crippen LogP contribution in [0.3, 0.4) is 0 Å². The molecule has 0 aliphatic heterocycles. The summed E-state index contributed by atoms with van der Waals surface area (Å²) in [5, 5.41) is 8.48. The van der Waals surface area contributed by atoms with Gasteiger partial charge in [-0.3, -0.25) is 0 Å². The van der Waals surface area contributed by atoms with E-state index < -0.39 is 0 Å². The Balaban J connectivity index is 2.49. The van der Waals surface area contributed by atoms with Crippen molar-refractivity contribution in [1.82, 2.24) is 19.7 Å². The molecule has 2 heterocycles. The molecular weight excluding hydrogens is 216 g/mol. The van der Waals surface area contributed by atoms with Gasteiger partial charge in [0.2, 0.25) is 0 Å². The van der Waals surface area contributed by atoms with Crippen LogP contribution in [0.5, 0.6) is 0 Å². The normalized spacial score (nSPS) is 12.0. The van der Waals surface area contributed by atoms with E-state index in [0.29, 0.717) is 13.1 Å². The fraction of sp³-hybridized carbons (Fsp3) is 0.545. The molecule has 3 N–H and O–H groups in total. The highest BCUT2D eigenvalue weighted by atomic mass is 15.3. The Labute approximate surface area is 100 Å². The summed E-state index contributed by atoms with van der Waals surface area (Å²) in [5.74, 6) is 0.788. The van der Waals surface area contributed by atoms with E-state index in [2.05, 4.69) is 41.2 Å². The van der Waals surface area contributed by atoms with Crippen molar-refractivity contribution in [2.45, 2.75) is 26.3 Å². The highest BCUT2D eigenvalue weighted by Crippen LogP contribution is 2.23. The van der Waals surface area contributed by atoms with Crippen molar-refractivity contribution in [2.24, 2.45) is 5.73 Å². The van der Waals surface area contributed by atoms with Crippen molar-refractivity contribution in [3.63, 3.8) is 0 Å². The number of rotatable bonds is 3. The minimum atomic E-state index is -0.0960. The third kappa shape index (κ3) is 2.21. The van der Waals surface area contributed by atoms with Crippen LogP contribution in [-0.2, 0) is 5.54 Å². The summed E-state index contributed by atoms with van der Waals surface area (Å²) in [4.78, 5) is 8.50. The molecule has 0 spiro atoms. The maximum Gasteiger partial charge on any atom is 0.163 e. The summed E-state index contributed by atoms with van der Waals surface area (Å²) in [6.45, 7) is 7.53. The molecule has 17 heavy (non-hydrogen) atoms. The lowest BCUT2D eigenvalue weighted by molar-refractivity contribution is 0.366. The first-order valence-corrected chi connectivity index (χ1v) is 5.67. The fourth-order valence-corrected chi connectivity index (χ4v) is 1.67. The molecule has 0 radical (unpaired) electrons. The zero-order chi connectivity index (χ0) is 12.5. The number of hydrogen-bond acceptors (Lipinski definition) is 5. The molecule has 2 aromatic heterocycles. The predicted molar refractivity (Wildman–Crippen MR) is 67.9 cm³/mol. The molecular formula is C11H18N6. The van der Waals surface area contributed by atoms with Gasteiger partial charge in [0.1, 0.15) is 12.1 Å². The minimum Gasteiger partial charge on any atom is -0.368 e. The molecule has 0 bridgehead atoms. The third-order valence-corrected chi connectivity index (χ3v) is 2.44. The van der Waals surface area contributed by atoms with E-state index in [0.717, 1.165) is 16.9 Å². The molecule has 0 aromatic carbocycles. The van der Waals surface area contributed by atoms with E-state index in [4.69, 9.17) is 5.73 Å². The molecule has 0 unspecified atom stereocenters. The Morgan fingerprint density at radius 2 is 2.12 bits per heavy atom. The summed E-state index contributed by atoms with van der Waals surface area (Å²) in [5.41, 5.74) is 6.21. The van der Waals surface area contributed by atoms with Crippen LogP contribution in [0, 0.1) is 0 Å². The minimum absolute atomic E-state index is 0.0960. The summed E-state index contributed by atoms with van der Waals surface area (Å²) in [6.07, 6.45) is 3.34. The van der Waals surface area contributed by atoms with Gasteiger partial charge < -0.3 is 11.1 Å². The molecule has 2 aromatic rings. The first-order chi connectivity index (χ1) is 8.04. The van der Waals surface area contributed by atoms with Gasteiger partial charge in [0, 0.05) is 13.1 Å². The van der Waals surface area contributed by atoms with E-state index in [1.165, 1.54) is 0 Å². The largest absolute Gasteiger partial charge is 0.368 e. The van der Waals surface area contributed by atoms with Gasteiger partial charge in [0.15, 0.2) is 5.65 Å². The highest BCUT2D eigenvalue weighted by molar-refractivity contribution is 5.86. The number of nitrogens with one attached hydrogen (secondary N) is 1. The Hall–Kier alpha value is -1.69. The maximum absolute atomic E-state index is 5.47. The van der Waals surface area contributed by atoms with Crippen molar-refractivity contribution in [3.05, 3.63) is 12.5 Å². The van der Waals surface area contributed by atoms with Crippen LogP contribution in [0.4, 0.5) is 5.82 Å². The van der Waals surface area contributed by atoms with Gasteiger partial charge in [-0.2, -0.15) is 5.10 Å². The van der Waals surface area contributed by atoms with E-state index in [-0.39, 0.29) is 5.54 Å². The van der Waals surface area contributed by atoms with E-state index in [1.807, 2.05) is 4.68 Å². The standard InChI is InChI=1S/C11H18N6/c1-11(2,3)17-10-8(6-16-17)9(13-5-4-12)14-7-15-10/h6-7H,4-5,12H2,1-3H3,(H,13,14,15). The SMILES string of the molecule is CC(C)(C)n1ncc2c(NCCN)ncnc21. The lowest BCUT2D eigenvalue weighted by Crippen LogP contribution is -2.23. The Morgan fingerprint density at radius 3 is 2.76 bits per heavy atom. The van der Waals surface area contributed by atoms with Crippen LogP contribution in [0.25, 0.3) is 11.0 Å². The van der Waals surface area contributed by atoms with Gasteiger partial charge in [-0.05, 0) is 20.8 Å². The smallest absolute Gasteiger partial charge is 0.163 e. The molecule has 0 saturated carbocycles. The Morgan fingerprint density at radius 1 is 1.35 bits per heavy atom. The molecule has 0 atom stereocenters. The molecule has 0 aliphatic rings. The van der Waals surface area contributed by atoms with Crippen LogP contribution in [0.2, 0.25) is 0 Å². The summed E-state index contributed by atoms with van der Waals surface area (Å²) in [6, 6.07) is 0. The number of nitrogens with zero attached hydrogens (tertiary/aromatic N) is 4. The van der Waals surface area contributed by atoms with Crippen LogP contribution in [-0.4, -0.2) is 32.8 Å². The Bertz CT molecular complexity index is 510. The fourth-order valence-electron chi connectivity index (χ4n) is 1.67. The first-order valence-electron chi connectivity index (χ1n) is 5.67. The zero-order valence-corrected chi connectivity index (χ0v) is 10.4. The maximum atomic E-state index is 5.47. The van der Waals surface area contributed by atoms with Gasteiger partial charge in [-0.1, -0.05) is 0 Å². The van der Waals surface area contributed by atoms with Gasteiger partial charge in [-0.25, -0.2) is 14.6 Å². The zero-order valence-electron chi connectivity index (χ0n) is 10.4. The molecule has 6 heteroatoms. The molecule has 0 amide bonds. The monoisotopic (exact) mass is 234 g/mol. The highest BCUT2D eigenvalue weighted by Gasteiger charge is 2.19. The number of aromatic nitrogens is 4. The topological polar surface area (TPSA) is 81.7 Å². The van der Waals surface area contributed by atoms with Gasteiger partial charge in [0.05, 0.1) is 17.1 Å². The lowest BCUT2D eigenvalue weighted by Gasteiger charge is -2.19. The first kappa shape index (κ1) is 11.8. The predicted octanol–water partition coefficient (Wildman–Crippen LogP) is 0.952. The number of hydrogen-bond donors (Lipinski definition) is 2. The van der Waals surface area contributed by atoms with Gasteiger partial charge in [0.25, 0.3) is 0 Å². The second kappa shape index (κ2) is 4.29. The van der Waals surface area contributed by atoms with Crippen LogP contribution in [0.15, 0.2) is 12.5 Å². The molecule has 0 fully saturated rings. The van der Waals surface area contributed by atoms with Crippen molar-refractivity contribution in [3.8, 4) is 0 Å². The third-order valence-electron chi connectivity index (χ3n) is 2.44. The molecule has 0 saturated heterocycles. The van der Waals surface area contributed by atoms with E-state index in [1.54, 1.807) is 12.5 Å². The summed E-state index contributed by atoms with van der Waals surface area (Å²) >= 11 is 0. The molecule has 6 nitrogen and oxygen atoms in total. The number of anilines is 1. The van der Waals surface area contributed by atoms with Crippen molar-refractivity contribution >= 4 is 16.9 Å². The van der Waals surface area contributed by atoms with Crippen LogP contribution in [0.1, 0.15) is 20.8 Å². The quantitative estimate of drug-likeness (QED) is 0.826. The summed E-state index contributed by atoms with van der Waals surface area (Å²) < 4.78 is 1.90. The molecule has 0 aliphatic carbocycles. The van der Waals surface area contributed by atoms with Crippen LogP contribution < -0.4 is 11.1 Å². The van der Waals surface area contributed by atoms with E-state index >= 15 is 0 Å². The van der Waals surface area contributed by atoms with Crippen molar-refractivity contribution in [1.29, 1.82) is 0 Å². The van der Waals surface area contributed by atoms with E-state index in [9.17, 15) is 0 Å². The van der Waals surface area contributed by atoms with Crippen LogP contribution >= 0.6 is 0 Å².